The van der Waals surface area contributed by atoms with Gasteiger partial charge in [0.2, 0.25) is 0 Å². The van der Waals surface area contributed by atoms with Crippen LogP contribution in [0.1, 0.15) is 53.9 Å². The van der Waals surface area contributed by atoms with Gasteiger partial charge < -0.3 is 14.6 Å². The molecule has 0 aromatic rings. The van der Waals surface area contributed by atoms with E-state index in [9.17, 15) is 5.11 Å². The molecule has 1 heterocycles. The normalized spacial score (nSPS) is 39.9. The number of ether oxygens (including phenoxy) is 2. The fourth-order valence-corrected chi connectivity index (χ4v) is 4.36. The first-order chi connectivity index (χ1) is 10.2. The van der Waals surface area contributed by atoms with Gasteiger partial charge in [0.1, 0.15) is 5.76 Å². The number of hydrogen-bond donors (Lipinski definition) is 1. The maximum atomic E-state index is 9.69. The van der Waals surface area contributed by atoms with Crippen LogP contribution >= 0.6 is 0 Å². The Morgan fingerprint density at radius 1 is 1.36 bits per heavy atom. The van der Waals surface area contributed by atoms with Crippen LogP contribution in [0.5, 0.6) is 0 Å². The molecule has 0 aromatic heterocycles. The van der Waals surface area contributed by atoms with Gasteiger partial charge in [-0.15, -0.1) is 0 Å². The van der Waals surface area contributed by atoms with Crippen LogP contribution in [0.15, 0.2) is 24.0 Å². The summed E-state index contributed by atoms with van der Waals surface area (Å²) in [6, 6.07) is 0. The van der Waals surface area contributed by atoms with Crippen LogP contribution < -0.4 is 0 Å². The van der Waals surface area contributed by atoms with E-state index in [0.29, 0.717) is 17.4 Å². The van der Waals surface area contributed by atoms with Gasteiger partial charge in [-0.1, -0.05) is 40.7 Å². The van der Waals surface area contributed by atoms with Crippen LogP contribution in [-0.4, -0.2) is 24.1 Å². The van der Waals surface area contributed by atoms with E-state index in [1.807, 2.05) is 0 Å². The zero-order chi connectivity index (χ0) is 16.2. The van der Waals surface area contributed by atoms with Gasteiger partial charge in [-0.25, -0.2) is 0 Å². The SMILES string of the molecule is CC(C)(C)CC1C(C)(C)C12C=CC(OC1CCOC1O)=CC2. The molecule has 22 heavy (non-hydrogen) atoms. The van der Waals surface area contributed by atoms with Gasteiger partial charge in [-0.2, -0.15) is 0 Å². The van der Waals surface area contributed by atoms with E-state index in [1.54, 1.807) is 0 Å². The molecule has 4 unspecified atom stereocenters. The monoisotopic (exact) mass is 306 g/mol. The first kappa shape index (κ1) is 16.1. The standard InChI is InChI=1S/C19H30O3/c1-17(2,3)12-15-18(4,5)19(15)9-6-13(7-10-19)22-14-8-11-21-16(14)20/h6-7,9,14-16,20H,8,10-12H2,1-5H3. The molecular weight excluding hydrogens is 276 g/mol. The third-order valence-corrected chi connectivity index (χ3v) is 5.91. The molecule has 4 atom stereocenters. The minimum Gasteiger partial charge on any atom is -0.485 e. The highest BCUT2D eigenvalue weighted by molar-refractivity contribution is 5.34. The second-order valence-electron chi connectivity index (χ2n) is 8.93. The summed E-state index contributed by atoms with van der Waals surface area (Å²) in [5, 5.41) is 9.69. The largest absolute Gasteiger partial charge is 0.485 e. The van der Waals surface area contributed by atoms with Gasteiger partial charge in [0.05, 0.1) is 6.61 Å². The summed E-state index contributed by atoms with van der Waals surface area (Å²) in [4.78, 5) is 0. The summed E-state index contributed by atoms with van der Waals surface area (Å²) in [7, 11) is 0. The molecule has 0 amide bonds. The lowest BCUT2D eigenvalue weighted by atomic mass is 9.84. The van der Waals surface area contributed by atoms with Crippen molar-refractivity contribution < 1.29 is 14.6 Å². The minimum atomic E-state index is -0.781. The number of rotatable bonds is 3. The Morgan fingerprint density at radius 2 is 2.09 bits per heavy atom. The highest BCUT2D eigenvalue weighted by atomic mass is 16.6. The van der Waals surface area contributed by atoms with Gasteiger partial charge in [-0.3, -0.25) is 0 Å². The second-order valence-corrected chi connectivity index (χ2v) is 8.93. The average Bonchev–Trinajstić information content (AvgIpc) is 2.73. The third kappa shape index (κ3) is 2.63. The van der Waals surface area contributed by atoms with Gasteiger partial charge in [0.15, 0.2) is 12.4 Å². The molecule has 124 valence electrons. The smallest absolute Gasteiger partial charge is 0.192 e. The van der Waals surface area contributed by atoms with Crippen molar-refractivity contribution in [3.05, 3.63) is 24.0 Å². The Morgan fingerprint density at radius 3 is 2.59 bits per heavy atom. The predicted molar refractivity (Wildman–Crippen MR) is 87.1 cm³/mol. The van der Waals surface area contributed by atoms with Crippen molar-refractivity contribution in [1.29, 1.82) is 0 Å². The van der Waals surface area contributed by atoms with Crippen molar-refractivity contribution in [3.63, 3.8) is 0 Å². The van der Waals surface area contributed by atoms with Crippen molar-refractivity contribution >= 4 is 0 Å². The van der Waals surface area contributed by atoms with Gasteiger partial charge >= 0.3 is 0 Å². The Balaban J connectivity index is 1.65. The molecule has 1 spiro atoms. The summed E-state index contributed by atoms with van der Waals surface area (Å²) in [5.41, 5.74) is 1.01. The van der Waals surface area contributed by atoms with E-state index in [2.05, 4.69) is 52.8 Å². The van der Waals surface area contributed by atoms with Crippen molar-refractivity contribution in [2.45, 2.75) is 66.3 Å². The molecular formula is C19H30O3. The quantitative estimate of drug-likeness (QED) is 0.855. The third-order valence-electron chi connectivity index (χ3n) is 5.91. The molecule has 3 nitrogen and oxygen atoms in total. The fraction of sp³-hybridized carbons (Fsp3) is 0.789. The lowest BCUT2D eigenvalue weighted by Crippen LogP contribution is -2.24. The Kier molecular flexibility index (Phi) is 3.73. The highest BCUT2D eigenvalue weighted by Crippen LogP contribution is 2.75. The molecule has 3 aliphatic rings. The minimum absolute atomic E-state index is 0.220. The molecule has 1 saturated heterocycles. The summed E-state index contributed by atoms with van der Waals surface area (Å²) in [6.45, 7) is 12.3. The van der Waals surface area contributed by atoms with Gasteiger partial charge in [-0.05, 0) is 41.7 Å². The maximum Gasteiger partial charge on any atom is 0.192 e. The number of hydrogen-bond acceptors (Lipinski definition) is 3. The van der Waals surface area contributed by atoms with Gasteiger partial charge in [0, 0.05) is 11.8 Å². The van der Waals surface area contributed by atoms with E-state index < -0.39 is 6.29 Å². The topological polar surface area (TPSA) is 38.7 Å². The van der Waals surface area contributed by atoms with E-state index in [1.165, 1.54) is 6.42 Å². The maximum absolute atomic E-state index is 9.69. The Bertz CT molecular complexity index is 497. The first-order valence-corrected chi connectivity index (χ1v) is 8.51. The number of aliphatic hydroxyl groups is 1. The van der Waals surface area contributed by atoms with Crippen LogP contribution in [0.25, 0.3) is 0 Å². The molecule has 0 bridgehead atoms. The average molecular weight is 306 g/mol. The lowest BCUT2D eigenvalue weighted by molar-refractivity contribution is -0.113. The summed E-state index contributed by atoms with van der Waals surface area (Å²) in [6.07, 6.45) is 8.73. The van der Waals surface area contributed by atoms with Crippen LogP contribution in [-0.2, 0) is 9.47 Å². The van der Waals surface area contributed by atoms with E-state index in [-0.39, 0.29) is 11.5 Å². The van der Waals surface area contributed by atoms with Crippen LogP contribution in [0, 0.1) is 22.2 Å². The number of allylic oxidation sites excluding steroid dienone is 3. The lowest BCUT2D eigenvalue weighted by Gasteiger charge is -2.24. The van der Waals surface area contributed by atoms with E-state index >= 15 is 0 Å². The zero-order valence-corrected chi connectivity index (χ0v) is 14.6. The first-order valence-electron chi connectivity index (χ1n) is 8.51. The summed E-state index contributed by atoms with van der Waals surface area (Å²) >= 11 is 0. The van der Waals surface area contributed by atoms with Crippen LogP contribution in [0.4, 0.5) is 0 Å². The van der Waals surface area contributed by atoms with Gasteiger partial charge in [0.25, 0.3) is 0 Å². The van der Waals surface area contributed by atoms with Crippen molar-refractivity contribution in [1.82, 2.24) is 0 Å². The van der Waals surface area contributed by atoms with Crippen LogP contribution in [0.3, 0.4) is 0 Å². The highest BCUT2D eigenvalue weighted by Gasteiger charge is 2.68. The van der Waals surface area contributed by atoms with E-state index in [0.717, 1.165) is 24.5 Å². The predicted octanol–water partition coefficient (Wildman–Crippen LogP) is 4.03. The molecule has 3 heteroatoms. The molecule has 1 saturated carbocycles. The molecule has 3 rings (SSSR count). The van der Waals surface area contributed by atoms with Crippen LogP contribution in [0.2, 0.25) is 0 Å². The molecule has 1 N–H and O–H groups in total. The molecule has 0 aromatic carbocycles. The Labute approximate surface area is 134 Å². The summed E-state index contributed by atoms with van der Waals surface area (Å²) in [5.74, 6) is 1.62. The molecule has 2 aliphatic carbocycles. The second kappa shape index (κ2) is 5.10. The Hall–Kier alpha value is -0.800. The van der Waals surface area contributed by atoms with E-state index in [4.69, 9.17) is 9.47 Å². The molecule has 0 radical (unpaired) electrons. The molecule has 1 aliphatic heterocycles. The fourth-order valence-electron chi connectivity index (χ4n) is 4.36. The molecule has 2 fully saturated rings. The summed E-state index contributed by atoms with van der Waals surface area (Å²) < 4.78 is 11.0. The van der Waals surface area contributed by atoms with Crippen molar-refractivity contribution in [2.75, 3.05) is 6.61 Å². The van der Waals surface area contributed by atoms with Crippen molar-refractivity contribution in [3.8, 4) is 0 Å². The number of aliphatic hydroxyl groups excluding tert-OH is 1. The van der Waals surface area contributed by atoms with Crippen molar-refractivity contribution in [2.24, 2.45) is 22.2 Å². The zero-order valence-electron chi connectivity index (χ0n) is 14.6.